The predicted molar refractivity (Wildman–Crippen MR) is 78.9 cm³/mol. The summed E-state index contributed by atoms with van der Waals surface area (Å²) in [6.07, 6.45) is 2.70. The van der Waals surface area contributed by atoms with Gasteiger partial charge in [-0.05, 0) is 62.5 Å². The second-order valence-electron chi connectivity index (χ2n) is 5.53. The summed E-state index contributed by atoms with van der Waals surface area (Å²) in [6, 6.07) is 6.05. The maximum Gasteiger partial charge on any atom is 0.0371 e. The van der Waals surface area contributed by atoms with Gasteiger partial charge in [-0.3, -0.25) is 0 Å². The zero-order chi connectivity index (χ0) is 13.0. The number of hydrogen-bond donors (Lipinski definition) is 2. The first-order chi connectivity index (χ1) is 8.65. The van der Waals surface area contributed by atoms with Crippen LogP contribution < -0.4 is 11.1 Å². The topological polar surface area (TPSA) is 41.3 Å². The van der Waals surface area contributed by atoms with Crippen molar-refractivity contribution in [3.8, 4) is 0 Å². The van der Waals surface area contributed by atoms with Crippen LogP contribution in [0.3, 0.4) is 0 Å². The largest absolute Gasteiger partial charge is 0.399 e. The molecular formula is C15H25N3. The van der Waals surface area contributed by atoms with E-state index in [0.717, 1.165) is 24.7 Å². The number of piperidine rings is 1. The second kappa shape index (κ2) is 6.10. The van der Waals surface area contributed by atoms with Gasteiger partial charge in [0.15, 0.2) is 0 Å². The lowest BCUT2D eigenvalue weighted by Crippen LogP contribution is -2.36. The Balaban J connectivity index is 1.75. The number of hydrogen-bond acceptors (Lipinski definition) is 3. The standard InChI is InChI=1S/C15H25N3/c1-12-5-8-18(9-6-12)10-7-17-15-4-3-14(16)11-13(15)2/h3-4,11-12,17H,5-10,16H2,1-2H3. The summed E-state index contributed by atoms with van der Waals surface area (Å²) in [5.74, 6) is 0.911. The first kappa shape index (κ1) is 13.2. The third-order valence-electron chi connectivity index (χ3n) is 3.87. The van der Waals surface area contributed by atoms with Crippen molar-refractivity contribution in [3.05, 3.63) is 23.8 Å². The molecule has 100 valence electrons. The van der Waals surface area contributed by atoms with Crippen LogP contribution >= 0.6 is 0 Å². The number of likely N-dealkylation sites (tertiary alicyclic amines) is 1. The minimum atomic E-state index is 0.836. The molecule has 0 spiro atoms. The summed E-state index contributed by atoms with van der Waals surface area (Å²) in [4.78, 5) is 2.56. The van der Waals surface area contributed by atoms with Crippen molar-refractivity contribution >= 4 is 11.4 Å². The van der Waals surface area contributed by atoms with Crippen LogP contribution in [-0.2, 0) is 0 Å². The van der Waals surface area contributed by atoms with E-state index in [9.17, 15) is 0 Å². The van der Waals surface area contributed by atoms with Crippen molar-refractivity contribution in [3.63, 3.8) is 0 Å². The number of aryl methyl sites for hydroxylation is 1. The number of nitrogens with zero attached hydrogens (tertiary/aromatic N) is 1. The molecule has 1 aromatic carbocycles. The van der Waals surface area contributed by atoms with E-state index < -0.39 is 0 Å². The Morgan fingerprint density at radius 1 is 1.33 bits per heavy atom. The van der Waals surface area contributed by atoms with E-state index in [1.54, 1.807) is 0 Å². The molecule has 0 radical (unpaired) electrons. The number of nitrogens with one attached hydrogen (secondary N) is 1. The summed E-state index contributed by atoms with van der Waals surface area (Å²) < 4.78 is 0. The number of rotatable bonds is 4. The summed E-state index contributed by atoms with van der Waals surface area (Å²) in [5, 5.41) is 3.50. The summed E-state index contributed by atoms with van der Waals surface area (Å²) >= 11 is 0. The molecule has 0 saturated carbocycles. The number of anilines is 2. The Labute approximate surface area is 110 Å². The maximum absolute atomic E-state index is 5.75. The van der Waals surface area contributed by atoms with E-state index in [2.05, 4.69) is 30.1 Å². The predicted octanol–water partition coefficient (Wildman–Crippen LogP) is 2.72. The Kier molecular flexibility index (Phi) is 4.48. The molecule has 1 saturated heterocycles. The number of nitrogen functional groups attached to an aromatic ring is 1. The van der Waals surface area contributed by atoms with E-state index in [1.165, 1.54) is 37.2 Å². The number of benzene rings is 1. The highest BCUT2D eigenvalue weighted by molar-refractivity contribution is 5.57. The van der Waals surface area contributed by atoms with Gasteiger partial charge in [-0.1, -0.05) is 6.92 Å². The van der Waals surface area contributed by atoms with Crippen LogP contribution in [0.5, 0.6) is 0 Å². The van der Waals surface area contributed by atoms with Gasteiger partial charge in [-0.25, -0.2) is 0 Å². The van der Waals surface area contributed by atoms with E-state index >= 15 is 0 Å². The van der Waals surface area contributed by atoms with E-state index in [0.29, 0.717) is 0 Å². The highest BCUT2D eigenvalue weighted by Gasteiger charge is 2.14. The van der Waals surface area contributed by atoms with Crippen LogP contribution in [0.2, 0.25) is 0 Å². The molecule has 0 amide bonds. The zero-order valence-corrected chi connectivity index (χ0v) is 11.6. The van der Waals surface area contributed by atoms with Gasteiger partial charge in [-0.2, -0.15) is 0 Å². The molecule has 1 aliphatic rings. The van der Waals surface area contributed by atoms with Gasteiger partial charge in [0.1, 0.15) is 0 Å². The van der Waals surface area contributed by atoms with Gasteiger partial charge in [0.2, 0.25) is 0 Å². The lowest BCUT2D eigenvalue weighted by atomic mass is 9.99. The molecule has 18 heavy (non-hydrogen) atoms. The molecule has 0 unspecified atom stereocenters. The van der Waals surface area contributed by atoms with Gasteiger partial charge in [0.05, 0.1) is 0 Å². The normalized spacial score (nSPS) is 17.9. The Morgan fingerprint density at radius 2 is 2.06 bits per heavy atom. The fraction of sp³-hybridized carbons (Fsp3) is 0.600. The fourth-order valence-electron chi connectivity index (χ4n) is 2.52. The molecule has 1 aliphatic heterocycles. The van der Waals surface area contributed by atoms with Crippen LogP contribution in [0.4, 0.5) is 11.4 Å². The van der Waals surface area contributed by atoms with Crippen LogP contribution in [0.25, 0.3) is 0 Å². The van der Waals surface area contributed by atoms with E-state index in [-0.39, 0.29) is 0 Å². The van der Waals surface area contributed by atoms with Crippen molar-refractivity contribution in [1.82, 2.24) is 4.90 Å². The summed E-state index contributed by atoms with van der Waals surface area (Å²) in [5.41, 5.74) is 9.01. The van der Waals surface area contributed by atoms with Crippen LogP contribution in [0, 0.1) is 12.8 Å². The van der Waals surface area contributed by atoms with Crippen LogP contribution in [-0.4, -0.2) is 31.1 Å². The maximum atomic E-state index is 5.75. The second-order valence-corrected chi connectivity index (χ2v) is 5.53. The average molecular weight is 247 g/mol. The summed E-state index contributed by atoms with van der Waals surface area (Å²) in [6.45, 7) is 9.11. The molecule has 2 rings (SSSR count). The first-order valence-electron chi connectivity index (χ1n) is 6.97. The molecule has 0 bridgehead atoms. The molecule has 1 heterocycles. The minimum Gasteiger partial charge on any atom is -0.399 e. The molecule has 1 aromatic rings. The highest BCUT2D eigenvalue weighted by atomic mass is 15.1. The first-order valence-corrected chi connectivity index (χ1v) is 6.97. The molecule has 1 fully saturated rings. The number of nitrogens with two attached hydrogens (primary N) is 1. The van der Waals surface area contributed by atoms with Gasteiger partial charge in [-0.15, -0.1) is 0 Å². The molecule has 0 atom stereocenters. The molecular weight excluding hydrogens is 222 g/mol. The smallest absolute Gasteiger partial charge is 0.0371 e. The monoisotopic (exact) mass is 247 g/mol. The zero-order valence-electron chi connectivity index (χ0n) is 11.6. The van der Waals surface area contributed by atoms with Crippen molar-refractivity contribution in [2.24, 2.45) is 5.92 Å². The van der Waals surface area contributed by atoms with Crippen molar-refractivity contribution < 1.29 is 0 Å². The quantitative estimate of drug-likeness (QED) is 0.804. The van der Waals surface area contributed by atoms with E-state index in [4.69, 9.17) is 5.73 Å². The molecule has 0 aliphatic carbocycles. The Hall–Kier alpha value is -1.22. The SMILES string of the molecule is Cc1cc(N)ccc1NCCN1CCC(C)CC1. The van der Waals surface area contributed by atoms with Gasteiger partial charge >= 0.3 is 0 Å². The van der Waals surface area contributed by atoms with Gasteiger partial charge in [0.25, 0.3) is 0 Å². The van der Waals surface area contributed by atoms with Crippen LogP contribution in [0.15, 0.2) is 18.2 Å². The van der Waals surface area contributed by atoms with Crippen molar-refractivity contribution in [1.29, 1.82) is 0 Å². The molecule has 3 nitrogen and oxygen atoms in total. The van der Waals surface area contributed by atoms with E-state index in [1.807, 2.05) is 12.1 Å². The van der Waals surface area contributed by atoms with Crippen LogP contribution in [0.1, 0.15) is 25.3 Å². The lowest BCUT2D eigenvalue weighted by Gasteiger charge is -2.30. The van der Waals surface area contributed by atoms with Crippen molar-refractivity contribution in [2.75, 3.05) is 37.2 Å². The molecule has 3 N–H and O–H groups in total. The third-order valence-corrected chi connectivity index (χ3v) is 3.87. The average Bonchev–Trinajstić information content (AvgIpc) is 2.34. The Bertz CT molecular complexity index is 381. The third kappa shape index (κ3) is 3.64. The molecule has 3 heteroatoms. The lowest BCUT2D eigenvalue weighted by molar-refractivity contribution is 0.199. The van der Waals surface area contributed by atoms with Crippen molar-refractivity contribution in [2.45, 2.75) is 26.7 Å². The highest BCUT2D eigenvalue weighted by Crippen LogP contribution is 2.18. The Morgan fingerprint density at radius 3 is 2.72 bits per heavy atom. The minimum absolute atomic E-state index is 0.836. The van der Waals surface area contributed by atoms with Gasteiger partial charge < -0.3 is 16.0 Å². The summed E-state index contributed by atoms with van der Waals surface area (Å²) in [7, 11) is 0. The van der Waals surface area contributed by atoms with Gasteiger partial charge in [0, 0.05) is 24.5 Å². The molecule has 0 aromatic heterocycles. The fourth-order valence-corrected chi connectivity index (χ4v) is 2.52.